The van der Waals surface area contributed by atoms with Gasteiger partial charge in [0.15, 0.2) is 17.6 Å². The quantitative estimate of drug-likeness (QED) is 0.839. The summed E-state index contributed by atoms with van der Waals surface area (Å²) in [6.07, 6.45) is 0.160. The van der Waals surface area contributed by atoms with E-state index in [-0.39, 0.29) is 5.91 Å². The van der Waals surface area contributed by atoms with Crippen LogP contribution in [0.2, 0.25) is 0 Å². The molecule has 1 heterocycles. The third-order valence-electron chi connectivity index (χ3n) is 4.55. The Morgan fingerprint density at radius 3 is 2.56 bits per heavy atom. The number of amides is 1. The molecule has 2 aromatic carbocycles. The number of carbonyl (C=O) groups excluding carboxylic acids is 1. The summed E-state index contributed by atoms with van der Waals surface area (Å²) < 4.78 is 16.5. The molecule has 2 aromatic rings. The Morgan fingerprint density at radius 1 is 1.20 bits per heavy atom. The van der Waals surface area contributed by atoms with Crippen LogP contribution in [0.15, 0.2) is 36.4 Å². The Bertz CT molecular complexity index is 762. The zero-order valence-corrected chi connectivity index (χ0v) is 15.0. The van der Waals surface area contributed by atoms with E-state index >= 15 is 0 Å². The molecule has 0 radical (unpaired) electrons. The summed E-state index contributed by atoms with van der Waals surface area (Å²) in [4.78, 5) is 14.5. The molecule has 3 rings (SSSR count). The molecule has 0 aromatic heterocycles. The molecule has 25 heavy (non-hydrogen) atoms. The summed E-state index contributed by atoms with van der Waals surface area (Å²) in [5, 5.41) is 0. The highest BCUT2D eigenvalue weighted by Crippen LogP contribution is 2.32. The number of methoxy groups -OCH3 is 2. The van der Waals surface area contributed by atoms with Crippen molar-refractivity contribution in [3.8, 4) is 17.2 Å². The van der Waals surface area contributed by atoms with E-state index in [2.05, 4.69) is 0 Å². The largest absolute Gasteiger partial charge is 0.493 e. The lowest BCUT2D eigenvalue weighted by Crippen LogP contribution is -2.38. The lowest BCUT2D eigenvalue weighted by atomic mass is 10.1. The highest BCUT2D eigenvalue weighted by Gasteiger charge is 2.31. The number of para-hydroxylation sites is 1. The molecule has 5 heteroatoms. The Kier molecular flexibility index (Phi) is 4.83. The van der Waals surface area contributed by atoms with Crippen molar-refractivity contribution in [3.05, 3.63) is 53.1 Å². The van der Waals surface area contributed by atoms with Gasteiger partial charge in [-0.25, -0.2) is 0 Å². The van der Waals surface area contributed by atoms with Crippen molar-refractivity contribution in [1.82, 2.24) is 4.90 Å². The van der Waals surface area contributed by atoms with Gasteiger partial charge in [0.25, 0.3) is 5.91 Å². The lowest BCUT2D eigenvalue weighted by molar-refractivity contribution is -0.137. The van der Waals surface area contributed by atoms with Gasteiger partial charge in [-0.15, -0.1) is 0 Å². The fourth-order valence-corrected chi connectivity index (χ4v) is 3.09. The van der Waals surface area contributed by atoms with Crippen LogP contribution in [0.3, 0.4) is 0 Å². The second-order valence-electron chi connectivity index (χ2n) is 6.25. The van der Waals surface area contributed by atoms with Crippen LogP contribution in [-0.2, 0) is 17.8 Å². The van der Waals surface area contributed by atoms with Crippen LogP contribution in [-0.4, -0.2) is 38.2 Å². The standard InChI is InChI=1S/C20H23NO4/c1-13-9-17(23-3)18(24-4)11-15(13)12-21(2)20(22)19-10-14-7-5-6-8-16(14)25-19/h5-9,11,19H,10,12H2,1-4H3/t19-/m1/s1. The smallest absolute Gasteiger partial charge is 0.264 e. The van der Waals surface area contributed by atoms with Crippen LogP contribution < -0.4 is 14.2 Å². The molecule has 5 nitrogen and oxygen atoms in total. The number of carbonyl (C=O) groups is 1. The predicted octanol–water partition coefficient (Wildman–Crippen LogP) is 2.97. The molecule has 1 aliphatic rings. The van der Waals surface area contributed by atoms with Crippen molar-refractivity contribution in [2.75, 3.05) is 21.3 Å². The van der Waals surface area contributed by atoms with Crippen molar-refractivity contribution in [3.63, 3.8) is 0 Å². The van der Waals surface area contributed by atoms with E-state index in [1.54, 1.807) is 26.2 Å². The predicted molar refractivity (Wildman–Crippen MR) is 95.3 cm³/mol. The fourth-order valence-electron chi connectivity index (χ4n) is 3.09. The summed E-state index contributed by atoms with van der Waals surface area (Å²) >= 11 is 0. The van der Waals surface area contributed by atoms with Gasteiger partial charge in [0.1, 0.15) is 5.75 Å². The molecule has 1 aliphatic heterocycles. The van der Waals surface area contributed by atoms with E-state index in [0.717, 1.165) is 22.4 Å². The molecule has 0 bridgehead atoms. The summed E-state index contributed by atoms with van der Waals surface area (Å²) in [6.45, 7) is 2.48. The van der Waals surface area contributed by atoms with E-state index in [1.807, 2.05) is 43.3 Å². The normalized spacial score (nSPS) is 15.3. The van der Waals surface area contributed by atoms with Crippen LogP contribution in [0.4, 0.5) is 0 Å². The van der Waals surface area contributed by atoms with Gasteiger partial charge >= 0.3 is 0 Å². The number of hydrogen-bond donors (Lipinski definition) is 0. The topological polar surface area (TPSA) is 48.0 Å². The number of hydrogen-bond acceptors (Lipinski definition) is 4. The molecule has 0 aliphatic carbocycles. The van der Waals surface area contributed by atoms with E-state index in [9.17, 15) is 4.79 Å². The van der Waals surface area contributed by atoms with Gasteiger partial charge in [-0.1, -0.05) is 18.2 Å². The summed E-state index contributed by atoms with van der Waals surface area (Å²) in [5.41, 5.74) is 3.15. The second-order valence-corrected chi connectivity index (χ2v) is 6.25. The number of fused-ring (bicyclic) bond motifs is 1. The minimum absolute atomic E-state index is 0.0228. The number of ether oxygens (including phenoxy) is 3. The van der Waals surface area contributed by atoms with Crippen molar-refractivity contribution in [2.45, 2.75) is 26.0 Å². The Labute approximate surface area is 148 Å². The average Bonchev–Trinajstić information content (AvgIpc) is 3.06. The first kappa shape index (κ1) is 17.1. The molecule has 0 saturated carbocycles. The van der Waals surface area contributed by atoms with Crippen LogP contribution in [0.25, 0.3) is 0 Å². The highest BCUT2D eigenvalue weighted by atomic mass is 16.5. The minimum Gasteiger partial charge on any atom is -0.493 e. The Morgan fingerprint density at radius 2 is 1.88 bits per heavy atom. The van der Waals surface area contributed by atoms with Gasteiger partial charge in [-0.2, -0.15) is 0 Å². The Hall–Kier alpha value is -2.69. The maximum Gasteiger partial charge on any atom is 0.264 e. The summed E-state index contributed by atoms with van der Waals surface area (Å²) in [6, 6.07) is 11.6. The fraction of sp³-hybridized carbons (Fsp3) is 0.350. The maximum atomic E-state index is 12.8. The number of aryl methyl sites for hydroxylation is 1. The zero-order valence-electron chi connectivity index (χ0n) is 15.0. The first-order valence-electron chi connectivity index (χ1n) is 8.24. The third-order valence-corrected chi connectivity index (χ3v) is 4.55. The first-order valence-corrected chi connectivity index (χ1v) is 8.24. The SMILES string of the molecule is COc1cc(C)c(CN(C)C(=O)[C@H]2Cc3ccccc3O2)cc1OC. The molecule has 0 unspecified atom stereocenters. The Balaban J connectivity index is 1.72. The van der Waals surface area contributed by atoms with E-state index in [4.69, 9.17) is 14.2 Å². The monoisotopic (exact) mass is 341 g/mol. The average molecular weight is 341 g/mol. The highest BCUT2D eigenvalue weighted by molar-refractivity contribution is 5.82. The molecule has 0 saturated heterocycles. The van der Waals surface area contributed by atoms with Gasteiger partial charge in [0, 0.05) is 20.0 Å². The van der Waals surface area contributed by atoms with Crippen LogP contribution in [0, 0.1) is 6.92 Å². The molecular weight excluding hydrogens is 318 g/mol. The lowest BCUT2D eigenvalue weighted by Gasteiger charge is -2.22. The van der Waals surface area contributed by atoms with Crippen molar-refractivity contribution < 1.29 is 19.0 Å². The maximum absolute atomic E-state index is 12.8. The zero-order chi connectivity index (χ0) is 18.0. The van der Waals surface area contributed by atoms with Gasteiger partial charge in [-0.3, -0.25) is 4.79 Å². The number of likely N-dealkylation sites (N-methyl/N-ethyl adjacent to an activating group) is 1. The van der Waals surface area contributed by atoms with Crippen molar-refractivity contribution >= 4 is 5.91 Å². The van der Waals surface area contributed by atoms with E-state index in [1.165, 1.54) is 0 Å². The van der Waals surface area contributed by atoms with Crippen LogP contribution in [0.1, 0.15) is 16.7 Å². The van der Waals surface area contributed by atoms with Gasteiger partial charge in [-0.05, 0) is 41.8 Å². The second kappa shape index (κ2) is 7.05. The van der Waals surface area contributed by atoms with Crippen molar-refractivity contribution in [2.24, 2.45) is 0 Å². The van der Waals surface area contributed by atoms with Crippen LogP contribution >= 0.6 is 0 Å². The number of rotatable bonds is 5. The summed E-state index contributed by atoms with van der Waals surface area (Å²) in [7, 11) is 5.02. The van der Waals surface area contributed by atoms with Gasteiger partial charge in [0.05, 0.1) is 14.2 Å². The summed E-state index contributed by atoms with van der Waals surface area (Å²) in [5.74, 6) is 2.13. The first-order chi connectivity index (χ1) is 12.0. The minimum atomic E-state index is -0.456. The van der Waals surface area contributed by atoms with Crippen molar-refractivity contribution in [1.29, 1.82) is 0 Å². The number of nitrogens with zero attached hydrogens (tertiary/aromatic N) is 1. The van der Waals surface area contributed by atoms with Gasteiger partial charge in [0.2, 0.25) is 0 Å². The molecule has 0 fully saturated rings. The molecule has 0 spiro atoms. The van der Waals surface area contributed by atoms with Gasteiger partial charge < -0.3 is 19.1 Å². The third kappa shape index (κ3) is 3.40. The molecule has 1 atom stereocenters. The molecule has 1 amide bonds. The molecule has 0 N–H and O–H groups in total. The van der Waals surface area contributed by atoms with E-state index < -0.39 is 6.10 Å². The van der Waals surface area contributed by atoms with Crippen LogP contribution in [0.5, 0.6) is 17.2 Å². The number of benzene rings is 2. The molecule has 132 valence electrons. The molecular formula is C20H23NO4. The van der Waals surface area contributed by atoms with E-state index in [0.29, 0.717) is 24.5 Å².